The fourth-order valence-corrected chi connectivity index (χ4v) is 2.89. The van der Waals surface area contributed by atoms with Crippen molar-refractivity contribution in [3.63, 3.8) is 0 Å². The van der Waals surface area contributed by atoms with E-state index in [1.54, 1.807) is 54.6 Å². The van der Waals surface area contributed by atoms with Gasteiger partial charge >= 0.3 is 0 Å². The molecule has 0 amide bonds. The molecule has 132 valence electrons. The predicted octanol–water partition coefficient (Wildman–Crippen LogP) is 4.40. The lowest BCUT2D eigenvalue weighted by molar-refractivity contribution is 0.475. The molecule has 3 aromatic carbocycles. The number of para-hydroxylation sites is 1. The minimum Gasteiger partial charge on any atom is -0.508 e. The molecular formula is C22H15FN2O2. The maximum atomic E-state index is 13.1. The molecule has 1 aromatic heterocycles. The van der Waals surface area contributed by atoms with Crippen molar-refractivity contribution >= 4 is 23.1 Å². The summed E-state index contributed by atoms with van der Waals surface area (Å²) in [6.45, 7) is 0. The number of rotatable bonds is 3. The standard InChI is InChI=1S/C22H15FN2O2/c23-16-11-8-15(9-12-16)10-13-21-24-20-7-2-1-6-19(20)22(27)25(21)17-4-3-5-18(26)14-17/h1-14,26H/b13-10+. The van der Waals surface area contributed by atoms with Crippen molar-refractivity contribution in [2.45, 2.75) is 0 Å². The van der Waals surface area contributed by atoms with Gasteiger partial charge in [-0.15, -0.1) is 0 Å². The summed E-state index contributed by atoms with van der Waals surface area (Å²) in [6, 6.07) is 19.6. The molecule has 0 spiro atoms. The van der Waals surface area contributed by atoms with Crippen LogP contribution in [-0.4, -0.2) is 14.7 Å². The van der Waals surface area contributed by atoms with Gasteiger partial charge in [-0.25, -0.2) is 9.37 Å². The molecule has 4 aromatic rings. The van der Waals surface area contributed by atoms with Gasteiger partial charge in [-0.2, -0.15) is 0 Å². The van der Waals surface area contributed by atoms with Gasteiger partial charge in [0.2, 0.25) is 0 Å². The van der Waals surface area contributed by atoms with Crippen LogP contribution < -0.4 is 5.56 Å². The van der Waals surface area contributed by atoms with Crippen LogP contribution in [0.5, 0.6) is 5.75 Å². The summed E-state index contributed by atoms with van der Waals surface area (Å²) >= 11 is 0. The van der Waals surface area contributed by atoms with Crippen LogP contribution in [0.4, 0.5) is 4.39 Å². The smallest absolute Gasteiger partial charge is 0.266 e. The van der Waals surface area contributed by atoms with Gasteiger partial charge in [0.25, 0.3) is 5.56 Å². The van der Waals surface area contributed by atoms with Crippen molar-refractivity contribution in [1.82, 2.24) is 9.55 Å². The predicted molar refractivity (Wildman–Crippen MR) is 104 cm³/mol. The van der Waals surface area contributed by atoms with E-state index in [-0.39, 0.29) is 17.1 Å². The maximum absolute atomic E-state index is 13.1. The Bertz CT molecular complexity index is 1210. The van der Waals surface area contributed by atoms with E-state index in [0.29, 0.717) is 22.4 Å². The zero-order chi connectivity index (χ0) is 18.8. The number of hydrogen-bond donors (Lipinski definition) is 1. The first-order chi connectivity index (χ1) is 13.1. The van der Waals surface area contributed by atoms with Gasteiger partial charge in [-0.1, -0.05) is 36.4 Å². The molecule has 0 atom stereocenters. The monoisotopic (exact) mass is 358 g/mol. The van der Waals surface area contributed by atoms with E-state index in [2.05, 4.69) is 4.98 Å². The Morgan fingerprint density at radius 2 is 1.70 bits per heavy atom. The molecule has 0 saturated heterocycles. The molecule has 0 aliphatic heterocycles. The summed E-state index contributed by atoms with van der Waals surface area (Å²) in [5.41, 5.74) is 1.64. The fourth-order valence-electron chi connectivity index (χ4n) is 2.89. The van der Waals surface area contributed by atoms with Gasteiger partial charge < -0.3 is 5.11 Å². The van der Waals surface area contributed by atoms with E-state index in [1.807, 2.05) is 6.07 Å². The summed E-state index contributed by atoms with van der Waals surface area (Å²) in [5, 5.41) is 10.3. The Hall–Kier alpha value is -3.73. The van der Waals surface area contributed by atoms with Crippen LogP contribution in [0.2, 0.25) is 0 Å². The van der Waals surface area contributed by atoms with Crippen molar-refractivity contribution in [3.05, 3.63) is 100 Å². The number of aromatic nitrogens is 2. The van der Waals surface area contributed by atoms with Crippen molar-refractivity contribution in [3.8, 4) is 11.4 Å². The van der Waals surface area contributed by atoms with E-state index in [1.165, 1.54) is 28.8 Å². The molecule has 4 rings (SSSR count). The highest BCUT2D eigenvalue weighted by Gasteiger charge is 2.11. The lowest BCUT2D eigenvalue weighted by Gasteiger charge is -2.11. The molecule has 5 heteroatoms. The molecule has 0 aliphatic carbocycles. The first kappa shape index (κ1) is 16.7. The van der Waals surface area contributed by atoms with E-state index < -0.39 is 0 Å². The third-order valence-corrected chi connectivity index (χ3v) is 4.18. The highest BCUT2D eigenvalue weighted by molar-refractivity contribution is 5.80. The quantitative estimate of drug-likeness (QED) is 0.590. The van der Waals surface area contributed by atoms with Gasteiger partial charge in [-0.05, 0) is 48.0 Å². The molecule has 1 N–H and O–H groups in total. The number of halogens is 1. The third kappa shape index (κ3) is 3.35. The molecule has 0 aliphatic rings. The Morgan fingerprint density at radius 1 is 0.926 bits per heavy atom. The van der Waals surface area contributed by atoms with E-state index in [9.17, 15) is 14.3 Å². The first-order valence-electron chi connectivity index (χ1n) is 8.37. The Kier molecular flexibility index (Phi) is 4.26. The van der Waals surface area contributed by atoms with Crippen LogP contribution >= 0.6 is 0 Å². The third-order valence-electron chi connectivity index (χ3n) is 4.18. The van der Waals surface area contributed by atoms with Crippen molar-refractivity contribution in [1.29, 1.82) is 0 Å². The van der Waals surface area contributed by atoms with Gasteiger partial charge in [0, 0.05) is 6.07 Å². The Balaban J connectivity index is 1.93. The number of nitrogens with zero attached hydrogens (tertiary/aromatic N) is 2. The molecule has 0 saturated carbocycles. The number of phenolic OH excluding ortho intramolecular Hbond substituents is 1. The molecular weight excluding hydrogens is 343 g/mol. The zero-order valence-electron chi connectivity index (χ0n) is 14.2. The highest BCUT2D eigenvalue weighted by Crippen LogP contribution is 2.18. The van der Waals surface area contributed by atoms with Crippen molar-refractivity contribution < 1.29 is 9.50 Å². The second-order valence-corrected chi connectivity index (χ2v) is 6.03. The van der Waals surface area contributed by atoms with Crippen LogP contribution in [0.25, 0.3) is 28.7 Å². The Labute approximate surface area is 154 Å². The molecule has 0 fully saturated rings. The van der Waals surface area contributed by atoms with Crippen molar-refractivity contribution in [2.24, 2.45) is 0 Å². The molecule has 0 unspecified atom stereocenters. The molecule has 0 bridgehead atoms. The maximum Gasteiger partial charge on any atom is 0.266 e. The first-order valence-corrected chi connectivity index (χ1v) is 8.37. The lowest BCUT2D eigenvalue weighted by Crippen LogP contribution is -2.22. The summed E-state index contributed by atoms with van der Waals surface area (Å²) in [7, 11) is 0. The summed E-state index contributed by atoms with van der Waals surface area (Å²) < 4.78 is 14.5. The average molecular weight is 358 g/mol. The van der Waals surface area contributed by atoms with Crippen LogP contribution in [0.15, 0.2) is 77.6 Å². The lowest BCUT2D eigenvalue weighted by atomic mass is 10.2. The van der Waals surface area contributed by atoms with Crippen molar-refractivity contribution in [2.75, 3.05) is 0 Å². The van der Waals surface area contributed by atoms with Gasteiger partial charge in [0.1, 0.15) is 17.4 Å². The van der Waals surface area contributed by atoms with Gasteiger partial charge in [0.05, 0.1) is 16.6 Å². The second kappa shape index (κ2) is 6.88. The van der Waals surface area contributed by atoms with Crippen LogP contribution in [0.1, 0.15) is 11.4 Å². The number of phenols is 1. The number of benzene rings is 3. The molecule has 4 nitrogen and oxygen atoms in total. The summed E-state index contributed by atoms with van der Waals surface area (Å²) in [6.07, 6.45) is 3.46. The summed E-state index contributed by atoms with van der Waals surface area (Å²) in [5.74, 6) is 0.155. The minimum absolute atomic E-state index is 0.0565. The van der Waals surface area contributed by atoms with E-state index >= 15 is 0 Å². The number of fused-ring (bicyclic) bond motifs is 1. The number of aromatic hydroxyl groups is 1. The second-order valence-electron chi connectivity index (χ2n) is 6.03. The molecule has 27 heavy (non-hydrogen) atoms. The zero-order valence-corrected chi connectivity index (χ0v) is 14.2. The minimum atomic E-state index is -0.312. The largest absolute Gasteiger partial charge is 0.508 e. The number of hydrogen-bond acceptors (Lipinski definition) is 3. The highest BCUT2D eigenvalue weighted by atomic mass is 19.1. The molecule has 0 radical (unpaired) electrons. The topological polar surface area (TPSA) is 55.1 Å². The van der Waals surface area contributed by atoms with Crippen LogP contribution in [0, 0.1) is 5.82 Å². The van der Waals surface area contributed by atoms with Crippen LogP contribution in [0.3, 0.4) is 0 Å². The Morgan fingerprint density at radius 3 is 2.48 bits per heavy atom. The normalized spacial score (nSPS) is 11.3. The SMILES string of the molecule is O=c1c2ccccc2nc(/C=C/c2ccc(F)cc2)n1-c1cccc(O)c1. The summed E-state index contributed by atoms with van der Waals surface area (Å²) in [4.78, 5) is 17.7. The van der Waals surface area contributed by atoms with Gasteiger partial charge in [0.15, 0.2) is 0 Å². The van der Waals surface area contributed by atoms with E-state index in [4.69, 9.17) is 0 Å². The average Bonchev–Trinajstić information content (AvgIpc) is 2.68. The fraction of sp³-hybridized carbons (Fsp3) is 0. The molecule has 1 heterocycles. The van der Waals surface area contributed by atoms with E-state index in [0.717, 1.165) is 5.56 Å². The van der Waals surface area contributed by atoms with Crippen LogP contribution in [-0.2, 0) is 0 Å². The van der Waals surface area contributed by atoms with Gasteiger partial charge in [-0.3, -0.25) is 9.36 Å².